The highest BCUT2D eigenvalue weighted by atomic mass is 32.1. The van der Waals surface area contributed by atoms with Gasteiger partial charge in [-0.2, -0.15) is 0 Å². The summed E-state index contributed by atoms with van der Waals surface area (Å²) in [6, 6.07) is 3.83. The van der Waals surface area contributed by atoms with Crippen LogP contribution in [0.1, 0.15) is 51.1 Å². The SMILES string of the molecule is CCCCCCC#Cc1nc(N)c2nc(-c3cccs3)n([C@@H]3OC[C@@H](O)[C@H]3O)c2n1. The number of nitrogens with zero attached hydrogens (tertiary/aromatic N) is 4. The number of nitrogen functional groups attached to an aromatic ring is 1. The fourth-order valence-corrected chi connectivity index (χ4v) is 4.18. The molecule has 1 aliphatic rings. The molecular formula is C21H25N5O3S. The molecule has 158 valence electrons. The largest absolute Gasteiger partial charge is 0.388 e. The van der Waals surface area contributed by atoms with Crippen LogP contribution in [0.15, 0.2) is 17.5 Å². The van der Waals surface area contributed by atoms with Gasteiger partial charge in [0, 0.05) is 6.42 Å². The van der Waals surface area contributed by atoms with E-state index in [0.717, 1.165) is 24.1 Å². The van der Waals surface area contributed by atoms with Crippen LogP contribution in [0.4, 0.5) is 5.82 Å². The van der Waals surface area contributed by atoms with Gasteiger partial charge in [-0.3, -0.25) is 4.57 Å². The van der Waals surface area contributed by atoms with Gasteiger partial charge in [-0.05, 0) is 23.8 Å². The van der Waals surface area contributed by atoms with Gasteiger partial charge >= 0.3 is 0 Å². The van der Waals surface area contributed by atoms with Crippen molar-refractivity contribution in [1.82, 2.24) is 19.5 Å². The Morgan fingerprint density at radius 1 is 1.27 bits per heavy atom. The molecule has 1 fully saturated rings. The van der Waals surface area contributed by atoms with Crippen LogP contribution in [0.2, 0.25) is 0 Å². The molecule has 0 aromatic carbocycles. The summed E-state index contributed by atoms with van der Waals surface area (Å²) in [5.41, 5.74) is 7.03. The Balaban J connectivity index is 1.75. The Hall–Kier alpha value is -2.51. The topological polar surface area (TPSA) is 119 Å². The monoisotopic (exact) mass is 427 g/mol. The van der Waals surface area contributed by atoms with Crippen LogP contribution in [-0.4, -0.2) is 48.5 Å². The number of anilines is 1. The van der Waals surface area contributed by atoms with Crippen LogP contribution >= 0.6 is 11.3 Å². The summed E-state index contributed by atoms with van der Waals surface area (Å²) in [4.78, 5) is 14.4. The molecular weight excluding hydrogens is 402 g/mol. The molecule has 9 heteroatoms. The molecule has 30 heavy (non-hydrogen) atoms. The van der Waals surface area contributed by atoms with E-state index in [1.54, 1.807) is 4.57 Å². The van der Waals surface area contributed by atoms with Crippen molar-refractivity contribution in [3.63, 3.8) is 0 Å². The highest BCUT2D eigenvalue weighted by Gasteiger charge is 2.39. The van der Waals surface area contributed by atoms with Gasteiger partial charge in [0.1, 0.15) is 12.2 Å². The van der Waals surface area contributed by atoms with E-state index in [-0.39, 0.29) is 12.4 Å². The maximum absolute atomic E-state index is 10.5. The van der Waals surface area contributed by atoms with Gasteiger partial charge in [0.05, 0.1) is 11.5 Å². The second-order valence-electron chi connectivity index (χ2n) is 7.28. The number of ether oxygens (including phenoxy) is 1. The fraction of sp³-hybridized carbons (Fsp3) is 0.476. The van der Waals surface area contributed by atoms with E-state index in [1.807, 2.05) is 17.5 Å². The van der Waals surface area contributed by atoms with Crippen LogP contribution in [0.25, 0.3) is 21.9 Å². The molecule has 1 saturated heterocycles. The first-order chi connectivity index (χ1) is 14.6. The average molecular weight is 428 g/mol. The first-order valence-corrected chi connectivity index (χ1v) is 11.0. The van der Waals surface area contributed by atoms with Crippen LogP contribution in [0.3, 0.4) is 0 Å². The van der Waals surface area contributed by atoms with E-state index in [2.05, 4.69) is 33.7 Å². The lowest BCUT2D eigenvalue weighted by atomic mass is 10.2. The van der Waals surface area contributed by atoms with Crippen LogP contribution in [-0.2, 0) is 4.74 Å². The molecule has 0 saturated carbocycles. The van der Waals surface area contributed by atoms with Gasteiger partial charge < -0.3 is 20.7 Å². The van der Waals surface area contributed by atoms with E-state index in [4.69, 9.17) is 10.5 Å². The molecule has 3 atom stereocenters. The second kappa shape index (κ2) is 9.10. The number of hydrogen-bond donors (Lipinski definition) is 3. The fourth-order valence-electron chi connectivity index (χ4n) is 3.47. The normalized spacial score (nSPS) is 21.1. The lowest BCUT2D eigenvalue weighted by molar-refractivity contribution is -0.0152. The number of unbranched alkanes of at least 4 members (excludes halogenated alkanes) is 4. The first-order valence-electron chi connectivity index (χ1n) is 10.2. The molecule has 4 heterocycles. The number of rotatable bonds is 6. The first kappa shape index (κ1) is 20.8. The maximum atomic E-state index is 10.5. The second-order valence-corrected chi connectivity index (χ2v) is 8.23. The molecule has 0 aliphatic carbocycles. The summed E-state index contributed by atoms with van der Waals surface area (Å²) in [5, 5.41) is 22.4. The number of aliphatic hydroxyl groups excluding tert-OH is 2. The molecule has 0 radical (unpaired) electrons. The number of aromatic nitrogens is 4. The third kappa shape index (κ3) is 4.04. The quantitative estimate of drug-likeness (QED) is 0.409. The summed E-state index contributed by atoms with van der Waals surface area (Å²) >= 11 is 1.50. The van der Waals surface area contributed by atoms with Crippen molar-refractivity contribution in [2.45, 2.75) is 57.5 Å². The van der Waals surface area contributed by atoms with Crippen LogP contribution < -0.4 is 5.73 Å². The molecule has 1 aliphatic heterocycles. The Morgan fingerprint density at radius 3 is 2.83 bits per heavy atom. The van der Waals surface area contributed by atoms with Crippen LogP contribution in [0, 0.1) is 11.8 Å². The van der Waals surface area contributed by atoms with Gasteiger partial charge in [0.15, 0.2) is 29.0 Å². The lowest BCUT2D eigenvalue weighted by Gasteiger charge is -2.19. The zero-order valence-electron chi connectivity index (χ0n) is 16.8. The Kier molecular flexibility index (Phi) is 6.29. The van der Waals surface area contributed by atoms with Crippen molar-refractivity contribution in [2.75, 3.05) is 12.3 Å². The molecule has 4 N–H and O–H groups in total. The molecule has 3 aromatic heterocycles. The van der Waals surface area contributed by atoms with Gasteiger partial charge in [-0.15, -0.1) is 11.3 Å². The van der Waals surface area contributed by atoms with Crippen molar-refractivity contribution in [3.8, 4) is 22.5 Å². The minimum absolute atomic E-state index is 0.0282. The van der Waals surface area contributed by atoms with Crippen molar-refractivity contribution < 1.29 is 14.9 Å². The summed E-state index contributed by atoms with van der Waals surface area (Å²) < 4.78 is 7.36. The Bertz CT molecular complexity index is 1070. The summed E-state index contributed by atoms with van der Waals surface area (Å²) in [7, 11) is 0. The molecule has 0 amide bonds. The van der Waals surface area contributed by atoms with E-state index in [1.165, 1.54) is 24.2 Å². The minimum Gasteiger partial charge on any atom is -0.388 e. The molecule has 4 rings (SSSR count). The van der Waals surface area contributed by atoms with Crippen molar-refractivity contribution in [1.29, 1.82) is 0 Å². The Morgan fingerprint density at radius 2 is 2.13 bits per heavy atom. The van der Waals surface area contributed by atoms with Gasteiger partial charge in [-0.1, -0.05) is 38.2 Å². The van der Waals surface area contributed by atoms with E-state index >= 15 is 0 Å². The Labute approximate surface area is 178 Å². The summed E-state index contributed by atoms with van der Waals surface area (Å²) in [6.45, 7) is 2.20. The molecule has 3 aromatic rings. The number of nitrogens with two attached hydrogens (primary N) is 1. The molecule has 0 spiro atoms. The molecule has 8 nitrogen and oxygen atoms in total. The lowest BCUT2D eigenvalue weighted by Crippen LogP contribution is -2.28. The maximum Gasteiger partial charge on any atom is 0.208 e. The average Bonchev–Trinajstić information content (AvgIpc) is 3.45. The van der Waals surface area contributed by atoms with Crippen molar-refractivity contribution in [2.24, 2.45) is 0 Å². The van der Waals surface area contributed by atoms with Crippen molar-refractivity contribution >= 4 is 28.3 Å². The highest BCUT2D eigenvalue weighted by Crippen LogP contribution is 2.36. The van der Waals surface area contributed by atoms with E-state index in [0.29, 0.717) is 22.8 Å². The zero-order chi connectivity index (χ0) is 21.1. The van der Waals surface area contributed by atoms with Gasteiger partial charge in [0.25, 0.3) is 0 Å². The number of aliphatic hydroxyl groups is 2. The highest BCUT2D eigenvalue weighted by molar-refractivity contribution is 7.13. The van der Waals surface area contributed by atoms with E-state index < -0.39 is 18.4 Å². The van der Waals surface area contributed by atoms with Crippen molar-refractivity contribution in [3.05, 3.63) is 23.3 Å². The standard InChI is InChI=1S/C21H25N5O3S/c1-2-3-4-5-6-7-10-15-23-18(22)16-20(24-15)26(21-17(28)13(27)12-29-21)19(25-16)14-9-8-11-30-14/h8-9,11,13,17,21,27-28H,2-6,12H2,1H3,(H2,22,23,24)/t13-,17-,21-/m1/s1. The van der Waals surface area contributed by atoms with Crippen LogP contribution in [0.5, 0.6) is 0 Å². The zero-order valence-corrected chi connectivity index (χ0v) is 17.6. The molecule has 0 bridgehead atoms. The number of fused-ring (bicyclic) bond motifs is 1. The molecule has 0 unspecified atom stereocenters. The van der Waals surface area contributed by atoms with Gasteiger partial charge in [-0.25, -0.2) is 15.0 Å². The summed E-state index contributed by atoms with van der Waals surface area (Å²) in [6.07, 6.45) is 2.45. The third-order valence-corrected chi connectivity index (χ3v) is 5.91. The number of hydrogen-bond acceptors (Lipinski definition) is 8. The summed E-state index contributed by atoms with van der Waals surface area (Å²) in [5.74, 6) is 7.19. The predicted octanol–water partition coefficient (Wildman–Crippen LogP) is 2.71. The number of imidazole rings is 1. The predicted molar refractivity (Wildman–Crippen MR) is 116 cm³/mol. The smallest absolute Gasteiger partial charge is 0.208 e. The van der Waals surface area contributed by atoms with Gasteiger partial charge in [0.2, 0.25) is 5.82 Å². The minimum atomic E-state index is -1.11. The van der Waals surface area contributed by atoms with E-state index in [9.17, 15) is 10.2 Å². The number of thiophene rings is 1. The third-order valence-electron chi connectivity index (χ3n) is 5.04.